The van der Waals surface area contributed by atoms with Gasteiger partial charge in [0.2, 0.25) is 0 Å². The Morgan fingerprint density at radius 3 is 0.766 bits per heavy atom. The molecule has 0 N–H and O–H groups in total. The Morgan fingerprint density at radius 2 is 0.516 bits per heavy atom. The van der Waals surface area contributed by atoms with Gasteiger partial charge in [0, 0.05) is 19.3 Å². The van der Waals surface area contributed by atoms with Gasteiger partial charge in [-0.2, -0.15) is 0 Å². The van der Waals surface area contributed by atoms with Gasteiger partial charge in [0.1, 0.15) is 13.2 Å². The average Bonchev–Trinajstić information content (AvgIpc) is 3.27. The summed E-state index contributed by atoms with van der Waals surface area (Å²) < 4.78 is 16.9. The number of esters is 3. The summed E-state index contributed by atoms with van der Waals surface area (Å²) in [5.74, 6) is 0.816. The van der Waals surface area contributed by atoms with Crippen molar-refractivity contribution in [2.45, 2.75) is 330 Å². The Balaban J connectivity index is 4.29. The molecular weight excluding hydrogens is 793 g/mol. The summed E-state index contributed by atoms with van der Waals surface area (Å²) in [7, 11) is 0. The molecule has 0 aromatic rings. The molecule has 0 bridgehead atoms. The normalized spacial score (nSPS) is 12.0. The van der Waals surface area contributed by atoms with E-state index in [2.05, 4.69) is 34.6 Å². The number of hydrogen-bond donors (Lipinski definition) is 0. The Hall–Kier alpha value is -1.59. The second-order valence-corrected chi connectivity index (χ2v) is 20.9. The molecule has 0 radical (unpaired) electrons. The van der Waals surface area contributed by atoms with Gasteiger partial charge in [0.05, 0.1) is 0 Å². The first-order valence-corrected chi connectivity index (χ1v) is 28.7. The van der Waals surface area contributed by atoms with E-state index < -0.39 is 6.10 Å². The molecule has 0 unspecified atom stereocenters. The second kappa shape index (κ2) is 50.8. The van der Waals surface area contributed by atoms with Gasteiger partial charge in [-0.05, 0) is 31.1 Å². The van der Waals surface area contributed by atoms with Crippen LogP contribution in [0, 0.1) is 11.8 Å². The standard InChI is InChI=1S/C58H112O6/c1-6-7-8-9-10-11-12-13-14-15-16-19-22-28-33-38-43-48-56(59)62-51-55(52-63-57(60)49-44-39-34-29-25-24-27-32-37-42-47-54(4)5)64-58(61)50-45-40-35-30-23-20-17-18-21-26-31-36-41-46-53(2)3/h53-55H,6-52H2,1-5H3/t55-/m0/s1. The van der Waals surface area contributed by atoms with Gasteiger partial charge < -0.3 is 14.2 Å². The second-order valence-electron chi connectivity index (χ2n) is 20.9. The van der Waals surface area contributed by atoms with E-state index in [9.17, 15) is 14.4 Å². The molecule has 1 atom stereocenters. The lowest BCUT2D eigenvalue weighted by atomic mass is 10.0. The van der Waals surface area contributed by atoms with Crippen LogP contribution in [-0.2, 0) is 28.6 Å². The maximum absolute atomic E-state index is 12.8. The third kappa shape index (κ3) is 51.4. The highest BCUT2D eigenvalue weighted by molar-refractivity contribution is 5.71. The monoisotopic (exact) mass is 905 g/mol. The van der Waals surface area contributed by atoms with Crippen LogP contribution in [-0.4, -0.2) is 37.2 Å². The fourth-order valence-electron chi connectivity index (χ4n) is 8.87. The Bertz CT molecular complexity index is 978. The summed E-state index contributed by atoms with van der Waals surface area (Å²) in [6.45, 7) is 11.4. The van der Waals surface area contributed by atoms with Gasteiger partial charge in [-0.15, -0.1) is 0 Å². The van der Waals surface area contributed by atoms with Crippen LogP contribution in [0.3, 0.4) is 0 Å². The van der Waals surface area contributed by atoms with Crippen molar-refractivity contribution in [1.82, 2.24) is 0 Å². The Labute approximate surface area is 399 Å². The summed E-state index contributed by atoms with van der Waals surface area (Å²) in [6.07, 6.45) is 53.8. The molecule has 0 amide bonds. The molecule has 6 nitrogen and oxygen atoms in total. The lowest BCUT2D eigenvalue weighted by Gasteiger charge is -2.18. The SMILES string of the molecule is CCCCCCCCCCCCCCCCCCCC(=O)OC[C@@H](COC(=O)CCCCCCCCCCCCC(C)C)OC(=O)CCCCCCCCCCCCCCCC(C)C. The summed E-state index contributed by atoms with van der Waals surface area (Å²) in [5.41, 5.74) is 0. The highest BCUT2D eigenvalue weighted by Gasteiger charge is 2.19. The molecule has 0 aromatic heterocycles. The van der Waals surface area contributed by atoms with Gasteiger partial charge in [-0.3, -0.25) is 14.4 Å². The topological polar surface area (TPSA) is 78.9 Å². The van der Waals surface area contributed by atoms with Crippen molar-refractivity contribution in [3.8, 4) is 0 Å². The maximum atomic E-state index is 12.8. The van der Waals surface area contributed by atoms with Crippen LogP contribution in [0.5, 0.6) is 0 Å². The zero-order valence-corrected chi connectivity index (χ0v) is 43.9. The molecule has 64 heavy (non-hydrogen) atoms. The lowest BCUT2D eigenvalue weighted by Crippen LogP contribution is -2.30. The van der Waals surface area contributed by atoms with E-state index >= 15 is 0 Å². The number of ether oxygens (including phenoxy) is 3. The number of unbranched alkanes of at least 4 members (excludes halogenated alkanes) is 37. The summed E-state index contributed by atoms with van der Waals surface area (Å²) in [4.78, 5) is 38.1. The molecule has 0 saturated heterocycles. The Kier molecular flexibility index (Phi) is 49.6. The van der Waals surface area contributed by atoms with Crippen LogP contribution in [0.15, 0.2) is 0 Å². The van der Waals surface area contributed by atoms with Gasteiger partial charge in [-0.1, -0.05) is 285 Å². The molecule has 0 fully saturated rings. The minimum atomic E-state index is -0.763. The van der Waals surface area contributed by atoms with Crippen molar-refractivity contribution in [2.75, 3.05) is 13.2 Å². The molecular formula is C58H112O6. The molecule has 0 aliphatic carbocycles. The molecule has 6 heteroatoms. The molecule has 0 saturated carbocycles. The number of carbonyl (C=O) groups is 3. The van der Waals surface area contributed by atoms with Gasteiger partial charge in [-0.25, -0.2) is 0 Å². The quantitative estimate of drug-likeness (QED) is 0.0344. The van der Waals surface area contributed by atoms with Gasteiger partial charge in [0.25, 0.3) is 0 Å². The van der Waals surface area contributed by atoms with E-state index in [1.807, 2.05) is 0 Å². The largest absolute Gasteiger partial charge is 0.462 e. The number of hydrogen-bond acceptors (Lipinski definition) is 6. The van der Waals surface area contributed by atoms with Crippen LogP contribution < -0.4 is 0 Å². The fourth-order valence-corrected chi connectivity index (χ4v) is 8.87. The molecule has 0 aliphatic heterocycles. The smallest absolute Gasteiger partial charge is 0.306 e. The molecule has 0 spiro atoms. The minimum Gasteiger partial charge on any atom is -0.462 e. The molecule has 0 heterocycles. The van der Waals surface area contributed by atoms with E-state index in [0.717, 1.165) is 69.6 Å². The average molecular weight is 906 g/mol. The van der Waals surface area contributed by atoms with Crippen LogP contribution in [0.4, 0.5) is 0 Å². The predicted molar refractivity (Wildman–Crippen MR) is 275 cm³/mol. The van der Waals surface area contributed by atoms with Crippen molar-refractivity contribution in [2.24, 2.45) is 11.8 Å². The van der Waals surface area contributed by atoms with E-state index in [0.29, 0.717) is 19.3 Å². The fraction of sp³-hybridized carbons (Fsp3) is 0.948. The van der Waals surface area contributed by atoms with Crippen LogP contribution in [0.2, 0.25) is 0 Å². The van der Waals surface area contributed by atoms with E-state index in [1.165, 1.54) is 212 Å². The van der Waals surface area contributed by atoms with Crippen LogP contribution in [0.25, 0.3) is 0 Å². The van der Waals surface area contributed by atoms with E-state index in [-0.39, 0.29) is 31.1 Å². The number of rotatable bonds is 52. The van der Waals surface area contributed by atoms with Crippen molar-refractivity contribution >= 4 is 17.9 Å². The maximum Gasteiger partial charge on any atom is 0.306 e. The van der Waals surface area contributed by atoms with Crippen molar-refractivity contribution < 1.29 is 28.6 Å². The molecule has 0 rings (SSSR count). The first kappa shape index (κ1) is 62.4. The van der Waals surface area contributed by atoms with Gasteiger partial charge in [0.15, 0.2) is 6.10 Å². The summed E-state index contributed by atoms with van der Waals surface area (Å²) in [5, 5.41) is 0. The van der Waals surface area contributed by atoms with Crippen molar-refractivity contribution in [3.63, 3.8) is 0 Å². The van der Waals surface area contributed by atoms with Gasteiger partial charge >= 0.3 is 17.9 Å². The summed E-state index contributed by atoms with van der Waals surface area (Å²) in [6, 6.07) is 0. The van der Waals surface area contributed by atoms with E-state index in [4.69, 9.17) is 14.2 Å². The van der Waals surface area contributed by atoms with E-state index in [1.54, 1.807) is 0 Å². The zero-order chi connectivity index (χ0) is 46.8. The van der Waals surface area contributed by atoms with Crippen LogP contribution in [0.1, 0.15) is 324 Å². The van der Waals surface area contributed by atoms with Crippen molar-refractivity contribution in [3.05, 3.63) is 0 Å². The highest BCUT2D eigenvalue weighted by atomic mass is 16.6. The zero-order valence-electron chi connectivity index (χ0n) is 43.9. The third-order valence-corrected chi connectivity index (χ3v) is 13.2. The molecule has 0 aromatic carbocycles. The third-order valence-electron chi connectivity index (χ3n) is 13.2. The number of carbonyl (C=O) groups excluding carboxylic acids is 3. The predicted octanol–water partition coefficient (Wildman–Crippen LogP) is 18.9. The molecule has 0 aliphatic rings. The van der Waals surface area contributed by atoms with Crippen molar-refractivity contribution in [1.29, 1.82) is 0 Å². The first-order valence-electron chi connectivity index (χ1n) is 28.7. The highest BCUT2D eigenvalue weighted by Crippen LogP contribution is 2.18. The minimum absolute atomic E-state index is 0.0628. The molecule has 380 valence electrons. The first-order chi connectivity index (χ1) is 31.2. The Morgan fingerprint density at radius 1 is 0.297 bits per heavy atom. The lowest BCUT2D eigenvalue weighted by molar-refractivity contribution is -0.167. The van der Waals surface area contributed by atoms with Crippen LogP contribution >= 0.6 is 0 Å². The summed E-state index contributed by atoms with van der Waals surface area (Å²) >= 11 is 0.